The van der Waals surface area contributed by atoms with E-state index < -0.39 is 0 Å². The zero-order chi connectivity index (χ0) is 11.4. The van der Waals surface area contributed by atoms with Crippen molar-refractivity contribution in [1.82, 2.24) is 15.2 Å². The summed E-state index contributed by atoms with van der Waals surface area (Å²) < 4.78 is 0. The predicted molar refractivity (Wildman–Crippen MR) is 64.7 cm³/mol. The van der Waals surface area contributed by atoms with Gasteiger partial charge in [0, 0.05) is 44.5 Å². The highest BCUT2D eigenvalue weighted by atomic mass is 16.1. The molecular weight excluding hydrogens is 202 g/mol. The standard InChI is InChI=1S/C12H19N3O/c1-10(15-6-4-13-5-7-15)8-11-2-3-14-12(16)9-11/h2-3,9-10,13H,4-8H2,1H3,(H,14,16). The first kappa shape index (κ1) is 11.4. The summed E-state index contributed by atoms with van der Waals surface area (Å²) in [7, 11) is 0. The Kier molecular flexibility index (Phi) is 3.74. The molecule has 88 valence electrons. The number of rotatable bonds is 3. The van der Waals surface area contributed by atoms with Gasteiger partial charge in [0.15, 0.2) is 0 Å². The number of H-pyrrole nitrogens is 1. The predicted octanol–water partition coefficient (Wildman–Crippen LogP) is 0.211. The van der Waals surface area contributed by atoms with Crippen molar-refractivity contribution in [2.75, 3.05) is 26.2 Å². The number of nitrogens with one attached hydrogen (secondary N) is 2. The van der Waals surface area contributed by atoms with E-state index in [-0.39, 0.29) is 5.56 Å². The van der Waals surface area contributed by atoms with Gasteiger partial charge in [-0.25, -0.2) is 0 Å². The third kappa shape index (κ3) is 2.93. The molecule has 1 aliphatic heterocycles. The average Bonchev–Trinajstić information content (AvgIpc) is 2.30. The molecule has 0 radical (unpaired) electrons. The number of aromatic amines is 1. The monoisotopic (exact) mass is 221 g/mol. The van der Waals surface area contributed by atoms with Crippen molar-refractivity contribution in [3.05, 3.63) is 34.2 Å². The number of hydrogen-bond donors (Lipinski definition) is 2. The first-order chi connectivity index (χ1) is 7.75. The van der Waals surface area contributed by atoms with Gasteiger partial charge in [0.1, 0.15) is 0 Å². The normalized spacial score (nSPS) is 19.6. The Labute approximate surface area is 95.7 Å². The minimum atomic E-state index is -0.00925. The first-order valence-electron chi connectivity index (χ1n) is 5.88. The molecular formula is C12H19N3O. The lowest BCUT2D eigenvalue weighted by Crippen LogP contribution is -2.48. The molecule has 2 rings (SSSR count). The van der Waals surface area contributed by atoms with Crippen LogP contribution in [0, 0.1) is 0 Å². The van der Waals surface area contributed by atoms with Crippen LogP contribution in [0.1, 0.15) is 12.5 Å². The highest BCUT2D eigenvalue weighted by Crippen LogP contribution is 2.07. The molecule has 1 unspecified atom stereocenters. The summed E-state index contributed by atoms with van der Waals surface area (Å²) in [5.41, 5.74) is 1.11. The third-order valence-corrected chi connectivity index (χ3v) is 3.15. The molecule has 1 fully saturated rings. The van der Waals surface area contributed by atoms with E-state index in [0.29, 0.717) is 6.04 Å². The number of nitrogens with zero attached hydrogens (tertiary/aromatic N) is 1. The van der Waals surface area contributed by atoms with Gasteiger partial charge in [-0.05, 0) is 25.0 Å². The van der Waals surface area contributed by atoms with Crippen LogP contribution in [0.4, 0.5) is 0 Å². The van der Waals surface area contributed by atoms with Crippen LogP contribution >= 0.6 is 0 Å². The lowest BCUT2D eigenvalue weighted by atomic mass is 10.1. The number of hydrogen-bond acceptors (Lipinski definition) is 3. The maximum atomic E-state index is 11.2. The van der Waals surface area contributed by atoms with Crippen LogP contribution in [0.3, 0.4) is 0 Å². The fraction of sp³-hybridized carbons (Fsp3) is 0.583. The minimum Gasteiger partial charge on any atom is -0.329 e. The van der Waals surface area contributed by atoms with Gasteiger partial charge in [0.05, 0.1) is 0 Å². The summed E-state index contributed by atoms with van der Waals surface area (Å²) in [6, 6.07) is 4.18. The van der Waals surface area contributed by atoms with E-state index in [1.165, 1.54) is 0 Å². The van der Waals surface area contributed by atoms with Gasteiger partial charge in [0.2, 0.25) is 5.56 Å². The lowest BCUT2D eigenvalue weighted by molar-refractivity contribution is 0.183. The van der Waals surface area contributed by atoms with Crippen LogP contribution in [-0.4, -0.2) is 42.1 Å². The van der Waals surface area contributed by atoms with Crippen molar-refractivity contribution in [2.45, 2.75) is 19.4 Å². The van der Waals surface area contributed by atoms with Gasteiger partial charge in [-0.1, -0.05) is 0 Å². The molecule has 1 aromatic heterocycles. The van der Waals surface area contributed by atoms with Crippen LogP contribution in [0.2, 0.25) is 0 Å². The molecule has 2 N–H and O–H groups in total. The molecule has 1 saturated heterocycles. The molecule has 2 heterocycles. The molecule has 1 aliphatic rings. The van der Waals surface area contributed by atoms with E-state index in [0.717, 1.165) is 38.2 Å². The Hall–Kier alpha value is -1.13. The van der Waals surface area contributed by atoms with Crippen LogP contribution in [0.15, 0.2) is 23.1 Å². The van der Waals surface area contributed by atoms with Crippen molar-refractivity contribution >= 4 is 0 Å². The Balaban J connectivity index is 1.95. The van der Waals surface area contributed by atoms with Crippen LogP contribution < -0.4 is 10.9 Å². The van der Waals surface area contributed by atoms with Gasteiger partial charge in [0.25, 0.3) is 0 Å². The summed E-state index contributed by atoms with van der Waals surface area (Å²) in [6.45, 7) is 6.57. The van der Waals surface area contributed by atoms with Crippen molar-refractivity contribution < 1.29 is 0 Å². The van der Waals surface area contributed by atoms with Crippen molar-refractivity contribution in [1.29, 1.82) is 0 Å². The summed E-state index contributed by atoms with van der Waals surface area (Å²) in [5, 5.41) is 3.35. The second-order valence-electron chi connectivity index (χ2n) is 4.40. The van der Waals surface area contributed by atoms with E-state index in [9.17, 15) is 4.79 Å². The van der Waals surface area contributed by atoms with E-state index in [2.05, 4.69) is 22.1 Å². The van der Waals surface area contributed by atoms with E-state index in [1.54, 1.807) is 12.3 Å². The van der Waals surface area contributed by atoms with Gasteiger partial charge in [-0.3, -0.25) is 9.69 Å². The van der Waals surface area contributed by atoms with Gasteiger partial charge < -0.3 is 10.3 Å². The SMILES string of the molecule is CC(Cc1cc[nH]c(=O)c1)N1CCNCC1. The lowest BCUT2D eigenvalue weighted by Gasteiger charge is -2.32. The largest absolute Gasteiger partial charge is 0.329 e. The summed E-state index contributed by atoms with van der Waals surface area (Å²) in [5.74, 6) is 0. The second-order valence-corrected chi connectivity index (χ2v) is 4.40. The number of pyridine rings is 1. The number of aromatic nitrogens is 1. The third-order valence-electron chi connectivity index (χ3n) is 3.15. The van der Waals surface area contributed by atoms with Gasteiger partial charge >= 0.3 is 0 Å². The molecule has 0 aromatic carbocycles. The van der Waals surface area contributed by atoms with Crippen LogP contribution in [0.25, 0.3) is 0 Å². The van der Waals surface area contributed by atoms with E-state index >= 15 is 0 Å². The highest BCUT2D eigenvalue weighted by Gasteiger charge is 2.16. The average molecular weight is 221 g/mol. The van der Waals surface area contributed by atoms with Crippen LogP contribution in [0.5, 0.6) is 0 Å². The maximum Gasteiger partial charge on any atom is 0.248 e. The number of piperazine rings is 1. The minimum absolute atomic E-state index is 0.00925. The van der Waals surface area contributed by atoms with Crippen molar-refractivity contribution in [3.63, 3.8) is 0 Å². The quantitative estimate of drug-likeness (QED) is 0.767. The van der Waals surface area contributed by atoms with Crippen molar-refractivity contribution in [2.24, 2.45) is 0 Å². The van der Waals surface area contributed by atoms with Gasteiger partial charge in [-0.2, -0.15) is 0 Å². The second kappa shape index (κ2) is 5.27. The summed E-state index contributed by atoms with van der Waals surface area (Å²) in [4.78, 5) is 16.3. The Morgan fingerprint density at radius 3 is 2.88 bits per heavy atom. The summed E-state index contributed by atoms with van der Waals surface area (Å²) >= 11 is 0. The Morgan fingerprint density at radius 2 is 2.19 bits per heavy atom. The van der Waals surface area contributed by atoms with Crippen LogP contribution in [-0.2, 0) is 6.42 Å². The zero-order valence-corrected chi connectivity index (χ0v) is 9.70. The first-order valence-corrected chi connectivity index (χ1v) is 5.88. The van der Waals surface area contributed by atoms with Crippen molar-refractivity contribution in [3.8, 4) is 0 Å². The maximum absolute atomic E-state index is 11.2. The molecule has 0 spiro atoms. The Bertz CT molecular complexity index is 382. The molecule has 0 amide bonds. The zero-order valence-electron chi connectivity index (χ0n) is 9.70. The van der Waals surface area contributed by atoms with E-state index in [4.69, 9.17) is 0 Å². The topological polar surface area (TPSA) is 48.1 Å². The molecule has 1 aromatic rings. The van der Waals surface area contributed by atoms with E-state index in [1.807, 2.05) is 6.07 Å². The molecule has 0 saturated carbocycles. The molecule has 0 bridgehead atoms. The fourth-order valence-corrected chi connectivity index (χ4v) is 2.21. The molecule has 4 nitrogen and oxygen atoms in total. The summed E-state index contributed by atoms with van der Waals surface area (Å²) in [6.07, 6.45) is 2.67. The van der Waals surface area contributed by atoms with Gasteiger partial charge in [-0.15, -0.1) is 0 Å². The molecule has 0 aliphatic carbocycles. The highest BCUT2D eigenvalue weighted by molar-refractivity contribution is 5.11. The Morgan fingerprint density at radius 1 is 1.44 bits per heavy atom. The molecule has 1 atom stereocenters. The molecule has 16 heavy (non-hydrogen) atoms. The smallest absolute Gasteiger partial charge is 0.248 e. The molecule has 4 heteroatoms. The fourth-order valence-electron chi connectivity index (χ4n) is 2.21.